The van der Waals surface area contributed by atoms with E-state index in [1.165, 1.54) is 5.56 Å². The Bertz CT molecular complexity index is 1150. The molecule has 0 unspecified atom stereocenters. The van der Waals surface area contributed by atoms with Gasteiger partial charge in [-0.15, -0.1) is 0 Å². The first kappa shape index (κ1) is 22.7. The highest BCUT2D eigenvalue weighted by atomic mass is 16.5. The minimum Gasteiger partial charge on any atom is -0.380 e. The second kappa shape index (κ2) is 9.97. The highest BCUT2D eigenvalue weighted by Crippen LogP contribution is 2.25. The van der Waals surface area contributed by atoms with Crippen LogP contribution in [-0.2, 0) is 16.0 Å². The Hall–Kier alpha value is -3.49. The molecule has 0 radical (unpaired) electrons. The number of ether oxygens (including phenoxy) is 1. The third-order valence-electron chi connectivity index (χ3n) is 5.98. The van der Waals surface area contributed by atoms with E-state index in [-0.39, 0.29) is 12.5 Å². The third kappa shape index (κ3) is 5.13. The van der Waals surface area contributed by atoms with Crippen LogP contribution in [-0.4, -0.2) is 55.4 Å². The maximum atomic E-state index is 12.8. The minimum absolute atomic E-state index is 0.158. The monoisotopic (exact) mass is 448 g/mol. The van der Waals surface area contributed by atoms with Crippen LogP contribution in [0.1, 0.15) is 27.9 Å². The van der Waals surface area contributed by atoms with Crippen molar-refractivity contribution in [3.63, 3.8) is 0 Å². The lowest BCUT2D eigenvalue weighted by Gasteiger charge is -2.30. The summed E-state index contributed by atoms with van der Waals surface area (Å²) in [6.45, 7) is 0.610. The van der Waals surface area contributed by atoms with Crippen molar-refractivity contribution in [1.29, 1.82) is 0 Å². The van der Waals surface area contributed by atoms with E-state index in [0.717, 1.165) is 22.3 Å². The Morgan fingerprint density at radius 3 is 2.64 bits per heavy atom. The molecule has 2 atom stereocenters. The summed E-state index contributed by atoms with van der Waals surface area (Å²) < 4.78 is 5.32. The molecule has 172 valence electrons. The largest absolute Gasteiger partial charge is 0.380 e. The number of amides is 2. The highest BCUT2D eigenvalue weighted by molar-refractivity contribution is 5.95. The fourth-order valence-corrected chi connectivity index (χ4v) is 4.10. The molecule has 0 spiro atoms. The van der Waals surface area contributed by atoms with Crippen molar-refractivity contribution in [3.8, 4) is 0 Å². The molecular weight excluding hydrogens is 420 g/mol. The zero-order valence-corrected chi connectivity index (χ0v) is 18.7. The molecule has 1 aliphatic heterocycles. The molecule has 1 aliphatic rings. The van der Waals surface area contributed by atoms with Gasteiger partial charge in [-0.3, -0.25) is 14.8 Å². The van der Waals surface area contributed by atoms with E-state index in [1.54, 1.807) is 17.6 Å². The van der Waals surface area contributed by atoms with E-state index < -0.39 is 17.9 Å². The fourth-order valence-electron chi connectivity index (χ4n) is 4.10. The quantitative estimate of drug-likeness (QED) is 0.396. The van der Waals surface area contributed by atoms with Crippen LogP contribution in [0.4, 0.5) is 5.82 Å². The Morgan fingerprint density at radius 2 is 1.91 bits per heavy atom. The van der Waals surface area contributed by atoms with E-state index >= 15 is 0 Å². The molecule has 4 rings (SSSR count). The molecule has 1 aromatic heterocycles. The summed E-state index contributed by atoms with van der Waals surface area (Å²) in [6.07, 6.45) is 1.22. The Morgan fingerprint density at radius 1 is 1.15 bits per heavy atom. The smallest absolute Gasteiger partial charge is 0.251 e. The van der Waals surface area contributed by atoms with Crippen LogP contribution >= 0.6 is 0 Å². The maximum absolute atomic E-state index is 12.8. The average molecular weight is 449 g/mol. The third-order valence-corrected chi connectivity index (χ3v) is 5.98. The SMILES string of the molecule is CN(C)c1cc(Cc2ccc(C(=O)N[C@@H]3CCOC[C@@H]3C(=O)NO)cc2)c2ccccc2n1. The lowest BCUT2D eigenvalue weighted by Crippen LogP contribution is -2.51. The zero-order valence-electron chi connectivity index (χ0n) is 18.7. The van der Waals surface area contributed by atoms with Crippen molar-refractivity contribution in [2.45, 2.75) is 18.9 Å². The predicted octanol–water partition coefficient (Wildman–Crippen LogP) is 2.53. The van der Waals surface area contributed by atoms with Crippen molar-refractivity contribution in [1.82, 2.24) is 15.8 Å². The van der Waals surface area contributed by atoms with Crippen LogP contribution in [0.3, 0.4) is 0 Å². The molecule has 2 heterocycles. The Balaban J connectivity index is 1.50. The summed E-state index contributed by atoms with van der Waals surface area (Å²) in [6, 6.07) is 17.3. The maximum Gasteiger partial charge on any atom is 0.251 e. The first-order valence-corrected chi connectivity index (χ1v) is 10.9. The molecule has 8 nitrogen and oxygen atoms in total. The van der Waals surface area contributed by atoms with Crippen LogP contribution in [0.15, 0.2) is 54.6 Å². The normalized spacial score (nSPS) is 18.0. The molecule has 0 bridgehead atoms. The molecule has 33 heavy (non-hydrogen) atoms. The number of aromatic nitrogens is 1. The van der Waals surface area contributed by atoms with E-state index in [9.17, 15) is 9.59 Å². The Kier molecular flexibility index (Phi) is 6.86. The molecule has 8 heteroatoms. The van der Waals surface area contributed by atoms with Crippen LogP contribution < -0.4 is 15.7 Å². The number of benzene rings is 2. The van der Waals surface area contributed by atoms with Crippen LogP contribution in [0, 0.1) is 5.92 Å². The van der Waals surface area contributed by atoms with Crippen LogP contribution in [0.2, 0.25) is 0 Å². The molecular formula is C25H28N4O4. The number of hydroxylamine groups is 1. The minimum atomic E-state index is -0.627. The van der Waals surface area contributed by atoms with Crippen molar-refractivity contribution in [2.24, 2.45) is 5.92 Å². The van der Waals surface area contributed by atoms with Gasteiger partial charge < -0.3 is 15.0 Å². The molecule has 3 N–H and O–H groups in total. The van der Waals surface area contributed by atoms with Gasteiger partial charge in [0.1, 0.15) is 5.82 Å². The molecule has 2 aromatic carbocycles. The number of nitrogens with zero attached hydrogens (tertiary/aromatic N) is 2. The van der Waals surface area contributed by atoms with Crippen molar-refractivity contribution >= 4 is 28.5 Å². The van der Waals surface area contributed by atoms with Gasteiger partial charge >= 0.3 is 0 Å². The van der Waals surface area contributed by atoms with E-state index in [4.69, 9.17) is 14.9 Å². The number of para-hydroxylation sites is 1. The topological polar surface area (TPSA) is 104 Å². The molecule has 0 aliphatic carbocycles. The highest BCUT2D eigenvalue weighted by Gasteiger charge is 2.32. The standard InChI is InChI=1S/C25H28N4O4/c1-29(2)23-14-18(19-5-3-4-6-21(19)26-23)13-16-7-9-17(10-8-16)24(30)27-22-11-12-33-15-20(22)25(31)28-32/h3-10,14,20,22,32H,11-13,15H2,1-2H3,(H,27,30)(H,28,31)/t20-,22+/m0/s1. The van der Waals surface area contributed by atoms with E-state index in [0.29, 0.717) is 25.0 Å². The van der Waals surface area contributed by atoms with E-state index in [1.807, 2.05) is 49.3 Å². The number of hydrogen-bond acceptors (Lipinski definition) is 6. The summed E-state index contributed by atoms with van der Waals surface area (Å²) >= 11 is 0. The van der Waals surface area contributed by atoms with Crippen LogP contribution in [0.25, 0.3) is 10.9 Å². The van der Waals surface area contributed by atoms with Gasteiger partial charge in [0.25, 0.3) is 11.8 Å². The molecule has 3 aromatic rings. The lowest BCUT2D eigenvalue weighted by molar-refractivity contribution is -0.138. The summed E-state index contributed by atoms with van der Waals surface area (Å²) in [4.78, 5) is 31.4. The van der Waals surface area contributed by atoms with Gasteiger partial charge in [-0.05, 0) is 48.2 Å². The average Bonchev–Trinajstić information content (AvgIpc) is 2.84. The number of carbonyl (C=O) groups is 2. The van der Waals surface area contributed by atoms with Crippen LogP contribution in [0.5, 0.6) is 0 Å². The van der Waals surface area contributed by atoms with E-state index in [2.05, 4.69) is 17.4 Å². The van der Waals surface area contributed by atoms with Gasteiger partial charge in [0.15, 0.2) is 0 Å². The second-order valence-corrected chi connectivity index (χ2v) is 8.45. The lowest BCUT2D eigenvalue weighted by atomic mass is 9.94. The molecule has 1 fully saturated rings. The van der Waals surface area contributed by atoms with Crippen molar-refractivity contribution in [2.75, 3.05) is 32.2 Å². The van der Waals surface area contributed by atoms with Gasteiger partial charge in [-0.2, -0.15) is 0 Å². The number of pyridine rings is 1. The van der Waals surface area contributed by atoms with Gasteiger partial charge in [-0.25, -0.2) is 10.5 Å². The van der Waals surface area contributed by atoms with Gasteiger partial charge in [0.2, 0.25) is 0 Å². The van der Waals surface area contributed by atoms with Gasteiger partial charge in [0.05, 0.1) is 18.0 Å². The molecule has 1 saturated heterocycles. The summed E-state index contributed by atoms with van der Waals surface area (Å²) in [5, 5.41) is 13.0. The summed E-state index contributed by atoms with van der Waals surface area (Å²) in [5.74, 6) is -0.541. The van der Waals surface area contributed by atoms with Gasteiger partial charge in [-0.1, -0.05) is 30.3 Å². The summed E-state index contributed by atoms with van der Waals surface area (Å²) in [5.41, 5.74) is 5.37. The second-order valence-electron chi connectivity index (χ2n) is 8.45. The van der Waals surface area contributed by atoms with Crippen molar-refractivity contribution in [3.05, 3.63) is 71.3 Å². The number of anilines is 1. The molecule has 0 saturated carbocycles. The Labute approximate surface area is 192 Å². The number of carbonyl (C=O) groups excluding carboxylic acids is 2. The van der Waals surface area contributed by atoms with Gasteiger partial charge in [0, 0.05) is 37.7 Å². The number of hydrogen-bond donors (Lipinski definition) is 3. The van der Waals surface area contributed by atoms with Crippen molar-refractivity contribution < 1.29 is 19.5 Å². The predicted molar refractivity (Wildman–Crippen MR) is 125 cm³/mol. The number of nitrogens with one attached hydrogen (secondary N) is 2. The first-order chi connectivity index (χ1) is 16.0. The summed E-state index contributed by atoms with van der Waals surface area (Å²) in [7, 11) is 3.95. The number of fused-ring (bicyclic) bond motifs is 1. The fraction of sp³-hybridized carbons (Fsp3) is 0.320. The first-order valence-electron chi connectivity index (χ1n) is 10.9. The zero-order chi connectivity index (χ0) is 23.4. The molecule has 2 amide bonds. The number of rotatable bonds is 6.